The molecule has 1 unspecified atom stereocenters. The van der Waals surface area contributed by atoms with Gasteiger partial charge in [-0.2, -0.15) is 0 Å². The van der Waals surface area contributed by atoms with Crippen LogP contribution in [0.15, 0.2) is 59.8 Å². The van der Waals surface area contributed by atoms with E-state index in [1.807, 2.05) is 66.1 Å². The first-order valence-corrected chi connectivity index (χ1v) is 12.3. The Bertz CT molecular complexity index is 1130. The molecule has 3 aromatic rings. The number of morpholine rings is 1. The molecule has 1 saturated heterocycles. The van der Waals surface area contributed by atoms with Crippen molar-refractivity contribution in [3.8, 4) is 5.69 Å². The molecule has 34 heavy (non-hydrogen) atoms. The Morgan fingerprint density at radius 1 is 1.06 bits per heavy atom. The minimum absolute atomic E-state index is 0.0696. The van der Waals surface area contributed by atoms with Crippen LogP contribution in [-0.2, 0) is 20.7 Å². The molecule has 0 saturated carbocycles. The lowest BCUT2D eigenvalue weighted by Crippen LogP contribution is -2.42. The van der Waals surface area contributed by atoms with Crippen LogP contribution in [0.1, 0.15) is 18.1 Å². The molecule has 1 N–H and O–H groups in total. The zero-order valence-corrected chi connectivity index (χ0v) is 20.3. The highest BCUT2D eigenvalue weighted by molar-refractivity contribution is 7.99. The second-order valence-electron chi connectivity index (χ2n) is 8.21. The summed E-state index contributed by atoms with van der Waals surface area (Å²) in [5, 5.41) is 12.4. The maximum atomic E-state index is 12.8. The number of nitrogens with one attached hydrogen (secondary N) is 1. The Hall–Kier alpha value is -3.17. The fourth-order valence-electron chi connectivity index (χ4n) is 3.86. The minimum atomic E-state index is -0.561. The second kappa shape index (κ2) is 11.3. The van der Waals surface area contributed by atoms with E-state index in [1.165, 1.54) is 18.7 Å². The van der Waals surface area contributed by atoms with Gasteiger partial charge in [0.15, 0.2) is 10.9 Å². The fourth-order valence-corrected chi connectivity index (χ4v) is 4.61. The zero-order valence-electron chi connectivity index (χ0n) is 19.4. The first kappa shape index (κ1) is 24.0. The van der Waals surface area contributed by atoms with Gasteiger partial charge in [-0.05, 0) is 37.5 Å². The molecular formula is C25H29N5O3S. The topological polar surface area (TPSA) is 89.3 Å². The molecule has 1 amide bonds. The zero-order chi connectivity index (χ0) is 23.9. The number of ether oxygens (including phenoxy) is 1. The third-order valence-electron chi connectivity index (χ3n) is 5.71. The van der Waals surface area contributed by atoms with E-state index in [0.29, 0.717) is 24.8 Å². The Kier molecular flexibility index (Phi) is 7.97. The van der Waals surface area contributed by atoms with Gasteiger partial charge in [0.2, 0.25) is 11.9 Å². The quantitative estimate of drug-likeness (QED) is 0.472. The molecule has 1 aliphatic rings. The molecule has 0 spiro atoms. The molecule has 4 rings (SSSR count). The van der Waals surface area contributed by atoms with Crippen molar-refractivity contribution in [2.75, 3.05) is 37.0 Å². The van der Waals surface area contributed by atoms with Gasteiger partial charge >= 0.3 is 0 Å². The smallest absolute Gasteiger partial charge is 0.232 e. The number of amides is 1. The molecule has 2 aromatic carbocycles. The van der Waals surface area contributed by atoms with Crippen LogP contribution in [0, 0.1) is 6.92 Å². The number of nitrogens with zero attached hydrogens (tertiary/aromatic N) is 4. The molecule has 1 atom stereocenters. The molecule has 0 aliphatic carbocycles. The summed E-state index contributed by atoms with van der Waals surface area (Å²) in [4.78, 5) is 27.1. The normalized spacial score (nSPS) is 14.6. The number of para-hydroxylation sites is 1. The summed E-state index contributed by atoms with van der Waals surface area (Å²) in [6.45, 7) is 6.29. The summed E-state index contributed by atoms with van der Waals surface area (Å²) < 4.78 is 7.50. The van der Waals surface area contributed by atoms with Gasteiger partial charge in [-0.1, -0.05) is 60.3 Å². The van der Waals surface area contributed by atoms with Crippen LogP contribution in [0.4, 0.5) is 5.95 Å². The lowest BCUT2D eigenvalue weighted by Gasteiger charge is -2.28. The minimum Gasteiger partial charge on any atom is -0.378 e. The number of hydrogen-bond donors (Lipinski definition) is 1. The lowest BCUT2D eigenvalue weighted by molar-refractivity contribution is -0.125. The van der Waals surface area contributed by atoms with E-state index in [0.717, 1.165) is 35.9 Å². The van der Waals surface area contributed by atoms with E-state index in [9.17, 15) is 9.59 Å². The van der Waals surface area contributed by atoms with Crippen LogP contribution in [0.5, 0.6) is 0 Å². The third-order valence-corrected chi connectivity index (χ3v) is 6.64. The van der Waals surface area contributed by atoms with E-state index in [2.05, 4.69) is 20.4 Å². The molecule has 178 valence electrons. The van der Waals surface area contributed by atoms with Crippen molar-refractivity contribution in [3.63, 3.8) is 0 Å². The van der Waals surface area contributed by atoms with Crippen molar-refractivity contribution in [2.45, 2.75) is 31.5 Å². The number of aryl methyl sites for hydroxylation is 1. The van der Waals surface area contributed by atoms with Crippen molar-refractivity contribution in [1.82, 2.24) is 20.1 Å². The van der Waals surface area contributed by atoms with Gasteiger partial charge < -0.3 is 15.0 Å². The van der Waals surface area contributed by atoms with Gasteiger partial charge in [-0.3, -0.25) is 14.2 Å². The van der Waals surface area contributed by atoms with Crippen molar-refractivity contribution in [3.05, 3.63) is 65.7 Å². The van der Waals surface area contributed by atoms with E-state index < -0.39 is 6.04 Å². The highest BCUT2D eigenvalue weighted by atomic mass is 32.2. The SMILES string of the molecule is CC(=O)C(Cc1ccccc1)NC(=O)CSc1nnc(N2CCOCC2)n1-c1ccccc1C. The van der Waals surface area contributed by atoms with Gasteiger partial charge in [-0.25, -0.2) is 0 Å². The van der Waals surface area contributed by atoms with Gasteiger partial charge in [0, 0.05) is 13.1 Å². The van der Waals surface area contributed by atoms with E-state index in [-0.39, 0.29) is 17.4 Å². The first-order valence-electron chi connectivity index (χ1n) is 11.3. The molecule has 1 fully saturated rings. The number of hydrogen-bond acceptors (Lipinski definition) is 7. The maximum Gasteiger partial charge on any atom is 0.232 e. The van der Waals surface area contributed by atoms with Crippen molar-refractivity contribution < 1.29 is 14.3 Å². The molecule has 8 nitrogen and oxygen atoms in total. The molecule has 1 aromatic heterocycles. The largest absolute Gasteiger partial charge is 0.378 e. The summed E-state index contributed by atoms with van der Waals surface area (Å²) in [6, 6.07) is 17.2. The number of benzene rings is 2. The van der Waals surface area contributed by atoms with E-state index >= 15 is 0 Å². The monoisotopic (exact) mass is 479 g/mol. The molecule has 2 heterocycles. The molecular weight excluding hydrogens is 450 g/mol. The first-order chi connectivity index (χ1) is 16.5. The Labute approximate surface area is 203 Å². The second-order valence-corrected chi connectivity index (χ2v) is 9.16. The number of Topliss-reactive ketones (excluding diaryl/α,β-unsaturated/α-hetero) is 1. The van der Waals surface area contributed by atoms with E-state index in [1.54, 1.807) is 0 Å². The fraction of sp³-hybridized carbons (Fsp3) is 0.360. The van der Waals surface area contributed by atoms with Crippen LogP contribution >= 0.6 is 11.8 Å². The average molecular weight is 480 g/mol. The van der Waals surface area contributed by atoms with Gasteiger partial charge in [0.25, 0.3) is 0 Å². The number of anilines is 1. The van der Waals surface area contributed by atoms with Crippen LogP contribution in [0.3, 0.4) is 0 Å². The van der Waals surface area contributed by atoms with Crippen molar-refractivity contribution >= 4 is 29.4 Å². The summed E-state index contributed by atoms with van der Waals surface area (Å²) >= 11 is 1.31. The number of thioether (sulfide) groups is 1. The van der Waals surface area contributed by atoms with Crippen LogP contribution in [0.25, 0.3) is 5.69 Å². The standard InChI is InChI=1S/C25H29N5O3S/c1-18-8-6-7-11-22(18)30-24(29-12-14-33-15-13-29)27-28-25(30)34-17-23(32)26-21(19(2)31)16-20-9-4-3-5-10-20/h3-11,21H,12-17H2,1-2H3,(H,26,32). The van der Waals surface area contributed by atoms with Crippen molar-refractivity contribution in [2.24, 2.45) is 0 Å². The highest BCUT2D eigenvalue weighted by Crippen LogP contribution is 2.28. The van der Waals surface area contributed by atoms with Crippen molar-refractivity contribution in [1.29, 1.82) is 0 Å². The maximum absolute atomic E-state index is 12.8. The lowest BCUT2D eigenvalue weighted by atomic mass is 10.0. The summed E-state index contributed by atoms with van der Waals surface area (Å²) in [5.41, 5.74) is 3.07. The Morgan fingerprint density at radius 3 is 2.47 bits per heavy atom. The number of carbonyl (C=O) groups excluding carboxylic acids is 2. The summed E-state index contributed by atoms with van der Waals surface area (Å²) in [5.74, 6) is 0.588. The third kappa shape index (κ3) is 5.84. The summed E-state index contributed by atoms with van der Waals surface area (Å²) in [7, 11) is 0. The number of carbonyl (C=O) groups is 2. The van der Waals surface area contributed by atoms with Gasteiger partial charge in [0.1, 0.15) is 0 Å². The number of rotatable bonds is 9. The molecule has 9 heteroatoms. The number of ketones is 1. The summed E-state index contributed by atoms with van der Waals surface area (Å²) in [6.07, 6.45) is 0.465. The van der Waals surface area contributed by atoms with Gasteiger partial charge in [0.05, 0.1) is 30.7 Å². The van der Waals surface area contributed by atoms with E-state index in [4.69, 9.17) is 4.74 Å². The predicted octanol–water partition coefficient (Wildman–Crippen LogP) is 2.82. The van der Waals surface area contributed by atoms with Crippen LogP contribution in [-0.4, -0.2) is 64.6 Å². The highest BCUT2D eigenvalue weighted by Gasteiger charge is 2.24. The average Bonchev–Trinajstić information content (AvgIpc) is 3.27. The predicted molar refractivity (Wildman–Crippen MR) is 133 cm³/mol. The molecule has 0 bridgehead atoms. The van der Waals surface area contributed by atoms with Gasteiger partial charge in [-0.15, -0.1) is 10.2 Å². The Morgan fingerprint density at radius 2 is 1.76 bits per heavy atom. The number of aromatic nitrogens is 3. The molecule has 0 radical (unpaired) electrons. The Balaban J connectivity index is 1.49. The molecule has 1 aliphatic heterocycles. The van der Waals surface area contributed by atoms with Crippen LogP contribution in [0.2, 0.25) is 0 Å². The van der Waals surface area contributed by atoms with Crippen LogP contribution < -0.4 is 10.2 Å².